The lowest BCUT2D eigenvalue weighted by molar-refractivity contribution is -0.127. The number of thiazole rings is 1. The number of thioether (sulfide) groups is 1. The van der Waals surface area contributed by atoms with Crippen molar-refractivity contribution in [1.29, 1.82) is 0 Å². The normalized spacial score (nSPS) is 13.8. The molecule has 0 radical (unpaired) electrons. The van der Waals surface area contributed by atoms with Gasteiger partial charge in [0.15, 0.2) is 0 Å². The predicted octanol–water partition coefficient (Wildman–Crippen LogP) is 4.03. The van der Waals surface area contributed by atoms with Crippen LogP contribution in [0.15, 0.2) is 23.6 Å². The summed E-state index contributed by atoms with van der Waals surface area (Å²) in [5.74, 6) is 3.50. The van der Waals surface area contributed by atoms with Crippen LogP contribution in [0, 0.1) is 6.92 Å². The number of nitrogens with zero attached hydrogens (tertiary/aromatic N) is 2. The Morgan fingerprint density at radius 1 is 1.21 bits per heavy atom. The Kier molecular flexibility index (Phi) is 7.44. The Morgan fingerprint density at radius 3 is 2.45 bits per heavy atom. The molecular weight excluding hydrogens is 408 g/mol. The van der Waals surface area contributed by atoms with Gasteiger partial charge < -0.3 is 19.1 Å². The minimum atomic E-state index is 0.158. The molecule has 0 saturated carbocycles. The van der Waals surface area contributed by atoms with Crippen LogP contribution >= 0.6 is 23.1 Å². The van der Waals surface area contributed by atoms with Gasteiger partial charge in [-0.1, -0.05) is 6.08 Å². The van der Waals surface area contributed by atoms with Gasteiger partial charge >= 0.3 is 0 Å². The largest absolute Gasteiger partial charge is 0.496 e. The highest BCUT2D eigenvalue weighted by Gasteiger charge is 2.23. The third-order valence-corrected chi connectivity index (χ3v) is 6.51. The summed E-state index contributed by atoms with van der Waals surface area (Å²) >= 11 is 3.25. The van der Waals surface area contributed by atoms with Crippen molar-refractivity contribution in [2.24, 2.45) is 0 Å². The van der Waals surface area contributed by atoms with Gasteiger partial charge in [0.25, 0.3) is 0 Å². The fourth-order valence-corrected chi connectivity index (χ4v) is 4.79. The zero-order valence-electron chi connectivity index (χ0n) is 17.2. The number of carbonyl (C=O) groups is 1. The van der Waals surface area contributed by atoms with E-state index in [0.717, 1.165) is 34.0 Å². The van der Waals surface area contributed by atoms with Crippen LogP contribution in [0.4, 0.5) is 0 Å². The number of hydrogen-bond donors (Lipinski definition) is 0. The average Bonchev–Trinajstić information content (AvgIpc) is 3.17. The number of rotatable bonds is 8. The molecule has 1 aromatic carbocycles. The highest BCUT2D eigenvalue weighted by Crippen LogP contribution is 2.40. The fourth-order valence-electron chi connectivity index (χ4n) is 3.25. The number of hydrogen-bond acceptors (Lipinski definition) is 7. The predicted molar refractivity (Wildman–Crippen MR) is 118 cm³/mol. The first-order valence-corrected chi connectivity index (χ1v) is 11.3. The van der Waals surface area contributed by atoms with Gasteiger partial charge in [0, 0.05) is 36.4 Å². The molecular formula is C21H26N2O4S2. The third kappa shape index (κ3) is 5.25. The van der Waals surface area contributed by atoms with Gasteiger partial charge in [-0.2, -0.15) is 0 Å². The molecule has 1 amide bonds. The van der Waals surface area contributed by atoms with Crippen molar-refractivity contribution in [1.82, 2.24) is 9.88 Å². The molecule has 0 saturated heterocycles. The van der Waals surface area contributed by atoms with Gasteiger partial charge in [-0.25, -0.2) is 4.98 Å². The summed E-state index contributed by atoms with van der Waals surface area (Å²) in [7, 11) is 4.89. The van der Waals surface area contributed by atoms with Crippen molar-refractivity contribution < 1.29 is 19.0 Å². The molecule has 2 aromatic rings. The summed E-state index contributed by atoms with van der Waals surface area (Å²) in [6.07, 6.45) is 2.84. The molecule has 1 aromatic heterocycles. The van der Waals surface area contributed by atoms with Crippen molar-refractivity contribution in [2.45, 2.75) is 19.1 Å². The summed E-state index contributed by atoms with van der Waals surface area (Å²) < 4.78 is 16.5. The molecule has 1 aliphatic heterocycles. The van der Waals surface area contributed by atoms with Crippen LogP contribution in [0.5, 0.6) is 17.2 Å². The molecule has 0 atom stereocenters. The van der Waals surface area contributed by atoms with E-state index >= 15 is 0 Å². The molecule has 0 spiro atoms. The number of aromatic nitrogens is 1. The van der Waals surface area contributed by atoms with E-state index in [1.165, 1.54) is 0 Å². The van der Waals surface area contributed by atoms with Crippen molar-refractivity contribution >= 4 is 34.6 Å². The lowest BCUT2D eigenvalue weighted by atomic mass is 9.97. The Bertz CT molecular complexity index is 870. The van der Waals surface area contributed by atoms with Crippen LogP contribution in [0.2, 0.25) is 0 Å². The van der Waals surface area contributed by atoms with E-state index in [4.69, 9.17) is 14.2 Å². The first kappa shape index (κ1) is 21.5. The Hall–Kier alpha value is -2.19. The van der Waals surface area contributed by atoms with Gasteiger partial charge in [-0.3, -0.25) is 4.79 Å². The second-order valence-electron chi connectivity index (χ2n) is 6.58. The molecule has 29 heavy (non-hydrogen) atoms. The van der Waals surface area contributed by atoms with Crippen LogP contribution < -0.4 is 14.2 Å². The number of ether oxygens (including phenoxy) is 3. The fraction of sp³-hybridized carbons (Fsp3) is 0.429. The molecule has 6 nitrogen and oxygen atoms in total. The van der Waals surface area contributed by atoms with E-state index < -0.39 is 0 Å². The van der Waals surface area contributed by atoms with E-state index in [1.54, 1.807) is 44.4 Å². The maximum atomic E-state index is 12.6. The number of amides is 1. The maximum Gasteiger partial charge on any atom is 0.232 e. The van der Waals surface area contributed by atoms with Crippen LogP contribution in [0.1, 0.15) is 22.7 Å². The van der Waals surface area contributed by atoms with E-state index in [1.807, 2.05) is 24.0 Å². The summed E-state index contributed by atoms with van der Waals surface area (Å²) in [5.41, 5.74) is 3.09. The molecule has 0 bridgehead atoms. The van der Waals surface area contributed by atoms with Gasteiger partial charge in [0.2, 0.25) is 5.91 Å². The second kappa shape index (κ2) is 10.0. The second-order valence-corrected chi connectivity index (χ2v) is 8.62. The zero-order chi connectivity index (χ0) is 20.8. The van der Waals surface area contributed by atoms with Crippen molar-refractivity contribution in [3.8, 4) is 17.2 Å². The van der Waals surface area contributed by atoms with E-state index in [2.05, 4.69) is 16.4 Å². The van der Waals surface area contributed by atoms with Crippen LogP contribution in [0.3, 0.4) is 0 Å². The Balaban J connectivity index is 1.63. The summed E-state index contributed by atoms with van der Waals surface area (Å²) in [6, 6.07) is 3.71. The standard InChI is InChI=1S/C21H26N2O4S2/c1-14-22-16(12-29-14)11-28-13-20(24)23-7-5-15(6-8-23)21-18(26-3)9-17(25-2)10-19(21)27-4/h5,9-10,12H,6-8,11,13H2,1-4H3. The molecule has 2 heterocycles. The molecule has 0 unspecified atom stereocenters. The van der Waals surface area contributed by atoms with Gasteiger partial charge in [-0.15, -0.1) is 23.1 Å². The first-order chi connectivity index (χ1) is 14.0. The van der Waals surface area contributed by atoms with E-state index in [0.29, 0.717) is 36.1 Å². The highest BCUT2D eigenvalue weighted by atomic mass is 32.2. The lowest BCUT2D eigenvalue weighted by Crippen LogP contribution is -2.36. The molecule has 3 rings (SSSR count). The summed E-state index contributed by atoms with van der Waals surface area (Å²) in [6.45, 7) is 3.26. The minimum Gasteiger partial charge on any atom is -0.496 e. The monoisotopic (exact) mass is 434 g/mol. The van der Waals surface area contributed by atoms with Crippen LogP contribution in [0.25, 0.3) is 5.57 Å². The summed E-state index contributed by atoms with van der Waals surface area (Å²) in [4.78, 5) is 18.9. The average molecular weight is 435 g/mol. The topological polar surface area (TPSA) is 60.9 Å². The lowest BCUT2D eigenvalue weighted by Gasteiger charge is -2.28. The smallest absolute Gasteiger partial charge is 0.232 e. The number of carbonyl (C=O) groups excluding carboxylic acids is 1. The van der Waals surface area contributed by atoms with Crippen molar-refractivity contribution in [3.05, 3.63) is 39.9 Å². The highest BCUT2D eigenvalue weighted by molar-refractivity contribution is 7.99. The summed E-state index contributed by atoms with van der Waals surface area (Å²) in [5, 5.41) is 3.11. The van der Waals surface area contributed by atoms with Gasteiger partial charge in [-0.05, 0) is 18.9 Å². The maximum absolute atomic E-state index is 12.6. The SMILES string of the molecule is COc1cc(OC)c(C2=CCN(C(=O)CSCc3csc(C)n3)CC2)c(OC)c1. The molecule has 0 fully saturated rings. The number of methoxy groups -OCH3 is 3. The van der Waals surface area contributed by atoms with Crippen LogP contribution in [-0.2, 0) is 10.5 Å². The first-order valence-electron chi connectivity index (χ1n) is 9.31. The third-order valence-electron chi connectivity index (χ3n) is 4.74. The van der Waals surface area contributed by atoms with Gasteiger partial charge in [0.05, 0.1) is 43.3 Å². The Labute approximate surface area is 179 Å². The van der Waals surface area contributed by atoms with Crippen LogP contribution in [-0.4, -0.2) is 56.0 Å². The molecule has 8 heteroatoms. The van der Waals surface area contributed by atoms with Gasteiger partial charge in [0.1, 0.15) is 17.2 Å². The Morgan fingerprint density at radius 2 is 1.93 bits per heavy atom. The van der Waals surface area contributed by atoms with Crippen molar-refractivity contribution in [2.75, 3.05) is 40.2 Å². The van der Waals surface area contributed by atoms with E-state index in [-0.39, 0.29) is 5.91 Å². The molecule has 156 valence electrons. The molecule has 1 aliphatic rings. The zero-order valence-corrected chi connectivity index (χ0v) is 18.8. The van der Waals surface area contributed by atoms with E-state index in [9.17, 15) is 4.79 Å². The quantitative estimate of drug-likeness (QED) is 0.625. The van der Waals surface area contributed by atoms with Crippen molar-refractivity contribution in [3.63, 3.8) is 0 Å². The molecule has 0 N–H and O–H groups in total. The molecule has 0 aliphatic carbocycles. The number of aryl methyl sites for hydroxylation is 1. The number of benzene rings is 1. The minimum absolute atomic E-state index is 0.158.